The maximum Gasteiger partial charge on any atom is 0.421 e. The summed E-state index contributed by atoms with van der Waals surface area (Å²) in [5.41, 5.74) is 2.54. The molecule has 268 valence electrons. The van der Waals surface area contributed by atoms with Crippen LogP contribution in [0, 0.1) is 0 Å². The average molecular weight is 674 g/mol. The number of carbonyl (C=O) groups excluding carboxylic acids is 1. The average Bonchev–Trinajstić information content (AvgIpc) is 3.93. The number of hydrogen-bond donors (Lipinski definition) is 2. The van der Waals surface area contributed by atoms with Gasteiger partial charge in [0.15, 0.2) is 0 Å². The summed E-state index contributed by atoms with van der Waals surface area (Å²) in [4.78, 5) is 27.7. The summed E-state index contributed by atoms with van der Waals surface area (Å²) in [6.45, 7) is 14.0. The highest BCUT2D eigenvalue weighted by atomic mass is 19.4. The number of benzene rings is 1. The second kappa shape index (κ2) is 18.2. The molecule has 2 aromatic rings. The van der Waals surface area contributed by atoms with Crippen molar-refractivity contribution in [2.45, 2.75) is 116 Å². The predicted octanol–water partition coefficient (Wildman–Crippen LogP) is 8.26. The molecule has 1 aromatic carbocycles. The van der Waals surface area contributed by atoms with Gasteiger partial charge in [0, 0.05) is 44.0 Å². The van der Waals surface area contributed by atoms with E-state index in [1.807, 2.05) is 27.7 Å². The molecule has 2 saturated heterocycles. The van der Waals surface area contributed by atoms with Crippen molar-refractivity contribution in [1.29, 1.82) is 0 Å². The van der Waals surface area contributed by atoms with Crippen LogP contribution >= 0.6 is 0 Å². The third-order valence-corrected chi connectivity index (χ3v) is 9.85. The molecule has 3 heterocycles. The van der Waals surface area contributed by atoms with Crippen LogP contribution in [0.15, 0.2) is 24.4 Å². The molecular formula is C37H58F3N7O. The van der Waals surface area contributed by atoms with Gasteiger partial charge in [0.25, 0.3) is 0 Å². The van der Waals surface area contributed by atoms with Crippen LogP contribution in [0.4, 0.5) is 30.6 Å². The van der Waals surface area contributed by atoms with Crippen LogP contribution in [-0.4, -0.2) is 89.5 Å². The molecule has 2 N–H and O–H groups in total. The van der Waals surface area contributed by atoms with E-state index in [9.17, 15) is 18.0 Å². The Morgan fingerprint density at radius 1 is 0.958 bits per heavy atom. The molecular weight excluding hydrogens is 615 g/mol. The van der Waals surface area contributed by atoms with Crippen LogP contribution in [0.25, 0.3) is 0 Å². The summed E-state index contributed by atoms with van der Waals surface area (Å²) in [5, 5.41) is 6.15. The highest BCUT2D eigenvalue weighted by molar-refractivity contribution is 5.76. The number of aromatic nitrogens is 2. The molecule has 1 aliphatic carbocycles. The summed E-state index contributed by atoms with van der Waals surface area (Å²) in [6, 6.07) is 7.27. The number of hydrogen-bond acceptors (Lipinski definition) is 7. The van der Waals surface area contributed by atoms with Crippen LogP contribution in [0.1, 0.15) is 120 Å². The second-order valence-corrected chi connectivity index (χ2v) is 13.5. The number of rotatable bonds is 14. The van der Waals surface area contributed by atoms with Gasteiger partial charge in [-0.3, -0.25) is 4.79 Å². The maximum atomic E-state index is 13.9. The van der Waals surface area contributed by atoms with Crippen molar-refractivity contribution in [1.82, 2.24) is 24.7 Å². The minimum atomic E-state index is -4.59. The monoisotopic (exact) mass is 673 g/mol. The number of nitrogens with zero attached hydrogens (tertiary/aromatic N) is 5. The molecule has 2 aliphatic heterocycles. The van der Waals surface area contributed by atoms with Crippen LogP contribution in [0.3, 0.4) is 0 Å². The number of halogens is 3. The van der Waals surface area contributed by atoms with Gasteiger partial charge in [-0.25, -0.2) is 4.98 Å². The number of likely N-dealkylation sites (tertiary alicyclic amines) is 2. The van der Waals surface area contributed by atoms with Crippen molar-refractivity contribution in [3.63, 3.8) is 0 Å². The van der Waals surface area contributed by atoms with Gasteiger partial charge in [0.05, 0.1) is 0 Å². The van der Waals surface area contributed by atoms with Gasteiger partial charge < -0.3 is 25.3 Å². The Balaban J connectivity index is 0.00000255. The van der Waals surface area contributed by atoms with Gasteiger partial charge in [-0.15, -0.1) is 0 Å². The van der Waals surface area contributed by atoms with E-state index in [0.29, 0.717) is 43.8 Å². The van der Waals surface area contributed by atoms with Crippen molar-refractivity contribution < 1.29 is 18.0 Å². The van der Waals surface area contributed by atoms with Crippen molar-refractivity contribution in [2.24, 2.45) is 0 Å². The number of anilines is 3. The highest BCUT2D eigenvalue weighted by Gasteiger charge is 2.36. The Labute approximate surface area is 286 Å². The van der Waals surface area contributed by atoms with Gasteiger partial charge in [0.1, 0.15) is 11.4 Å². The van der Waals surface area contributed by atoms with Gasteiger partial charge in [-0.05, 0) is 120 Å². The molecule has 3 aliphatic rings. The predicted molar refractivity (Wildman–Crippen MR) is 189 cm³/mol. The lowest BCUT2D eigenvalue weighted by Crippen LogP contribution is -2.46. The first-order chi connectivity index (χ1) is 23.2. The zero-order chi connectivity index (χ0) is 34.7. The van der Waals surface area contributed by atoms with E-state index in [1.54, 1.807) is 4.90 Å². The van der Waals surface area contributed by atoms with Crippen LogP contribution in [-0.2, 0) is 11.0 Å². The highest BCUT2D eigenvalue weighted by Crippen LogP contribution is 2.46. The van der Waals surface area contributed by atoms with E-state index in [4.69, 9.17) is 0 Å². The molecule has 5 rings (SSSR count). The molecule has 48 heavy (non-hydrogen) atoms. The molecule has 8 nitrogen and oxygen atoms in total. The summed E-state index contributed by atoms with van der Waals surface area (Å²) >= 11 is 0. The Hall–Kier alpha value is -2.92. The third-order valence-electron chi connectivity index (χ3n) is 9.85. The standard InChI is InChI=1S/C35H52F3N7O.C2H6/c1-4-7-32(46)45(17-5-2)18-6-16-39-33-30(35(36,37)38)24-40-34(42-33)41-31-11-10-27(23-29(31)26-8-9-26)25-12-21-44(22-13-25)28-14-19-43(3)20-15-28;1-2/h10-11,23-26,28H,4-9,12-22H2,1-3H3,(H2,39,40,41,42);1-2H3. The molecule has 0 unspecified atom stereocenters. The fraction of sp³-hybridized carbons (Fsp3) is 0.703. The van der Waals surface area contributed by atoms with E-state index in [1.165, 1.54) is 37.1 Å². The molecule has 0 bridgehead atoms. The largest absolute Gasteiger partial charge is 0.421 e. The summed E-state index contributed by atoms with van der Waals surface area (Å²) in [6.07, 6.45) is 5.93. The molecule has 11 heteroatoms. The van der Waals surface area contributed by atoms with E-state index in [0.717, 1.165) is 63.5 Å². The lowest BCUT2D eigenvalue weighted by Gasteiger charge is -2.41. The number of carbonyl (C=O) groups is 1. The molecule has 0 radical (unpaired) electrons. The Kier molecular flexibility index (Phi) is 14.4. The van der Waals surface area contributed by atoms with Gasteiger partial charge >= 0.3 is 6.18 Å². The van der Waals surface area contributed by atoms with Crippen LogP contribution in [0.2, 0.25) is 0 Å². The first-order valence-electron chi connectivity index (χ1n) is 18.5. The van der Waals surface area contributed by atoms with E-state index in [-0.39, 0.29) is 24.2 Å². The van der Waals surface area contributed by atoms with E-state index >= 15 is 0 Å². The quantitative estimate of drug-likeness (QED) is 0.196. The number of nitrogens with one attached hydrogen (secondary N) is 2. The molecule has 0 atom stereocenters. The summed E-state index contributed by atoms with van der Waals surface area (Å²) in [7, 11) is 2.21. The molecule has 0 spiro atoms. The maximum absolute atomic E-state index is 13.9. The molecule has 1 aromatic heterocycles. The number of amides is 1. The van der Waals surface area contributed by atoms with Gasteiger partial charge in [-0.1, -0.05) is 39.8 Å². The SMILES string of the molecule is CC.CCCC(=O)N(CCC)CCCNc1nc(Nc2ccc(C3CCN(C4CCN(C)CC4)CC3)cc2C2CC2)ncc1C(F)(F)F. The normalized spacial score (nSPS) is 18.2. The van der Waals surface area contributed by atoms with Crippen molar-refractivity contribution in [3.8, 4) is 0 Å². The minimum Gasteiger partial charge on any atom is -0.369 e. The smallest absolute Gasteiger partial charge is 0.369 e. The Bertz CT molecular complexity index is 1290. The van der Waals surface area contributed by atoms with Crippen LogP contribution < -0.4 is 10.6 Å². The first kappa shape index (κ1) is 37.9. The van der Waals surface area contributed by atoms with E-state index in [2.05, 4.69) is 55.6 Å². The Morgan fingerprint density at radius 2 is 1.67 bits per heavy atom. The van der Waals surface area contributed by atoms with Gasteiger partial charge in [0.2, 0.25) is 11.9 Å². The molecule has 1 saturated carbocycles. The fourth-order valence-corrected chi connectivity index (χ4v) is 7.02. The van der Waals surface area contributed by atoms with Gasteiger partial charge in [-0.2, -0.15) is 18.2 Å². The lowest BCUT2D eigenvalue weighted by atomic mass is 9.86. The third kappa shape index (κ3) is 10.5. The number of alkyl halides is 3. The zero-order valence-corrected chi connectivity index (χ0v) is 29.8. The molecule has 1 amide bonds. The van der Waals surface area contributed by atoms with E-state index < -0.39 is 11.7 Å². The van der Waals surface area contributed by atoms with Crippen molar-refractivity contribution in [2.75, 3.05) is 63.5 Å². The Morgan fingerprint density at radius 3 is 2.29 bits per heavy atom. The summed E-state index contributed by atoms with van der Waals surface area (Å²) in [5.74, 6) is 0.965. The first-order valence-corrected chi connectivity index (χ1v) is 18.5. The second-order valence-electron chi connectivity index (χ2n) is 13.5. The van der Waals surface area contributed by atoms with Crippen molar-refractivity contribution >= 4 is 23.4 Å². The lowest BCUT2D eigenvalue weighted by molar-refractivity contribution is -0.137. The topological polar surface area (TPSA) is 76.6 Å². The fourth-order valence-electron chi connectivity index (χ4n) is 7.02. The zero-order valence-electron chi connectivity index (χ0n) is 29.8. The van der Waals surface area contributed by atoms with Crippen molar-refractivity contribution in [3.05, 3.63) is 41.1 Å². The molecule has 3 fully saturated rings. The number of piperidine rings is 2. The minimum absolute atomic E-state index is 0.0875. The van der Waals surface area contributed by atoms with Crippen LogP contribution in [0.5, 0.6) is 0 Å². The summed E-state index contributed by atoms with van der Waals surface area (Å²) < 4.78 is 41.6.